The van der Waals surface area contributed by atoms with E-state index in [0.717, 1.165) is 35.7 Å². The van der Waals surface area contributed by atoms with Crippen molar-refractivity contribution in [3.8, 4) is 0 Å². The van der Waals surface area contributed by atoms with E-state index in [9.17, 15) is 22.8 Å². The van der Waals surface area contributed by atoms with Crippen LogP contribution < -0.4 is 0 Å². The van der Waals surface area contributed by atoms with Gasteiger partial charge in [0.25, 0.3) is 5.91 Å². The molecule has 1 saturated heterocycles. The zero-order chi connectivity index (χ0) is 23.8. The van der Waals surface area contributed by atoms with Crippen LogP contribution in [0.3, 0.4) is 0 Å². The molecule has 0 bridgehead atoms. The fourth-order valence-electron chi connectivity index (χ4n) is 3.04. The van der Waals surface area contributed by atoms with Crippen molar-refractivity contribution in [2.45, 2.75) is 28.9 Å². The molecule has 1 fully saturated rings. The summed E-state index contributed by atoms with van der Waals surface area (Å²) in [6.45, 7) is 0.195. The molecule has 0 saturated carbocycles. The van der Waals surface area contributed by atoms with E-state index >= 15 is 0 Å². The molecular formula is C20H14F3N3O3S4. The molecule has 13 heteroatoms. The molecule has 6 nitrogen and oxygen atoms in total. The maximum Gasteiger partial charge on any atom is 0.416 e. The smallest absolute Gasteiger partial charge is 0.416 e. The summed E-state index contributed by atoms with van der Waals surface area (Å²) in [5.41, 5.74) is -0.197. The van der Waals surface area contributed by atoms with Gasteiger partial charge in [-0.25, -0.2) is 4.98 Å². The first-order valence-corrected chi connectivity index (χ1v) is 12.3. The molecule has 0 spiro atoms. The van der Waals surface area contributed by atoms with Gasteiger partial charge in [0.2, 0.25) is 0 Å². The number of thiocarbonyl (C=S) groups is 1. The zero-order valence-electron chi connectivity index (χ0n) is 16.5. The third-order valence-electron chi connectivity index (χ3n) is 4.55. The third-order valence-corrected chi connectivity index (χ3v) is 7.67. The molecule has 2 aromatic heterocycles. The van der Waals surface area contributed by atoms with Gasteiger partial charge in [0.1, 0.15) is 9.35 Å². The Morgan fingerprint density at radius 3 is 2.85 bits per heavy atom. The van der Waals surface area contributed by atoms with Crippen LogP contribution in [-0.4, -0.2) is 42.1 Å². The van der Waals surface area contributed by atoms with Gasteiger partial charge in [0.05, 0.1) is 16.2 Å². The number of thiazole rings is 1. The number of rotatable bonds is 7. The number of nitrogens with zero attached hydrogens (tertiary/aromatic N) is 3. The highest BCUT2D eigenvalue weighted by atomic mass is 32.2. The topological polar surface area (TPSA) is 74.9 Å². The van der Waals surface area contributed by atoms with E-state index in [-0.39, 0.29) is 25.3 Å². The van der Waals surface area contributed by atoms with E-state index in [1.54, 1.807) is 22.7 Å². The summed E-state index contributed by atoms with van der Waals surface area (Å²) in [4.78, 5) is 30.8. The van der Waals surface area contributed by atoms with Crippen molar-refractivity contribution in [3.05, 3.63) is 52.0 Å². The zero-order valence-corrected chi connectivity index (χ0v) is 19.8. The Kier molecular flexibility index (Phi) is 6.84. The highest BCUT2D eigenvalue weighted by Gasteiger charge is 2.33. The molecule has 33 heavy (non-hydrogen) atoms. The van der Waals surface area contributed by atoms with Gasteiger partial charge in [0.15, 0.2) is 4.96 Å². The number of benzene rings is 1. The number of aliphatic carboxylic acids is 1. The van der Waals surface area contributed by atoms with Crippen molar-refractivity contribution >= 4 is 74.3 Å². The molecule has 0 unspecified atom stereocenters. The maximum absolute atomic E-state index is 13.1. The molecule has 0 radical (unpaired) electrons. The van der Waals surface area contributed by atoms with Crippen LogP contribution in [-0.2, 0) is 15.8 Å². The van der Waals surface area contributed by atoms with Crippen LogP contribution in [0.1, 0.15) is 24.1 Å². The fourth-order valence-corrected chi connectivity index (χ4v) is 6.06. The Morgan fingerprint density at radius 1 is 1.33 bits per heavy atom. The summed E-state index contributed by atoms with van der Waals surface area (Å²) < 4.78 is 41.4. The Hall–Kier alpha value is -2.35. The fraction of sp³-hybridized carbons (Fsp3) is 0.200. The lowest BCUT2D eigenvalue weighted by Gasteiger charge is -2.13. The number of carbonyl (C=O) groups is 2. The summed E-state index contributed by atoms with van der Waals surface area (Å²) >= 11 is 8.82. The second kappa shape index (κ2) is 9.49. The van der Waals surface area contributed by atoms with Gasteiger partial charge in [-0.3, -0.25) is 18.9 Å². The van der Waals surface area contributed by atoms with Crippen LogP contribution in [0.25, 0.3) is 11.0 Å². The van der Waals surface area contributed by atoms with Gasteiger partial charge in [0, 0.05) is 29.4 Å². The van der Waals surface area contributed by atoms with Crippen LogP contribution in [0.2, 0.25) is 0 Å². The SMILES string of the molecule is O=C(O)CCCN1C(=O)C(=Cc2c(Sc3cccc(C(F)(F)F)c3)nc3sccn23)SC1=S. The number of carboxylic acids is 1. The van der Waals surface area contributed by atoms with Crippen molar-refractivity contribution in [2.75, 3.05) is 6.54 Å². The summed E-state index contributed by atoms with van der Waals surface area (Å²) in [7, 11) is 0. The number of alkyl halides is 3. The van der Waals surface area contributed by atoms with Crippen molar-refractivity contribution < 1.29 is 27.9 Å². The molecular weight excluding hydrogens is 516 g/mol. The Labute approximate surface area is 203 Å². The monoisotopic (exact) mass is 529 g/mol. The van der Waals surface area contributed by atoms with E-state index in [4.69, 9.17) is 17.3 Å². The predicted molar refractivity (Wildman–Crippen MR) is 125 cm³/mol. The number of amides is 1. The van der Waals surface area contributed by atoms with Gasteiger partial charge >= 0.3 is 12.1 Å². The average Bonchev–Trinajstić information content (AvgIpc) is 3.39. The van der Waals surface area contributed by atoms with Crippen LogP contribution in [0.15, 0.2) is 50.7 Å². The molecule has 172 valence electrons. The minimum absolute atomic E-state index is 0.0773. The van der Waals surface area contributed by atoms with E-state index in [0.29, 0.717) is 29.8 Å². The van der Waals surface area contributed by atoms with E-state index in [2.05, 4.69) is 4.98 Å². The lowest BCUT2D eigenvalue weighted by molar-refractivity contribution is -0.138. The molecule has 0 aliphatic carbocycles. The number of halogens is 3. The predicted octanol–water partition coefficient (Wildman–Crippen LogP) is 5.63. The van der Waals surface area contributed by atoms with Crippen molar-refractivity contribution in [3.63, 3.8) is 0 Å². The highest BCUT2D eigenvalue weighted by molar-refractivity contribution is 8.26. The number of hydrogen-bond acceptors (Lipinski definition) is 7. The second-order valence-electron chi connectivity index (χ2n) is 6.82. The van der Waals surface area contributed by atoms with Gasteiger partial charge in [-0.2, -0.15) is 13.2 Å². The first-order chi connectivity index (χ1) is 15.6. The summed E-state index contributed by atoms with van der Waals surface area (Å²) in [5, 5.41) is 11.1. The third kappa shape index (κ3) is 5.26. The minimum atomic E-state index is -4.46. The molecule has 1 aliphatic rings. The highest BCUT2D eigenvalue weighted by Crippen LogP contribution is 2.39. The number of hydrogen-bond donors (Lipinski definition) is 1. The molecule has 3 aromatic rings. The van der Waals surface area contributed by atoms with Crippen LogP contribution in [0.5, 0.6) is 0 Å². The van der Waals surface area contributed by atoms with E-state index in [1.807, 2.05) is 5.38 Å². The van der Waals surface area contributed by atoms with Gasteiger partial charge < -0.3 is 5.11 Å². The lowest BCUT2D eigenvalue weighted by Crippen LogP contribution is -2.29. The Balaban J connectivity index is 1.64. The van der Waals surface area contributed by atoms with Crippen LogP contribution >= 0.6 is 47.1 Å². The molecule has 4 rings (SSSR count). The van der Waals surface area contributed by atoms with Crippen molar-refractivity contribution in [1.82, 2.24) is 14.3 Å². The summed E-state index contributed by atoms with van der Waals surface area (Å²) in [6.07, 6.45) is -0.871. The summed E-state index contributed by atoms with van der Waals surface area (Å²) in [5.74, 6) is -1.29. The van der Waals surface area contributed by atoms with Gasteiger partial charge in [-0.15, -0.1) is 11.3 Å². The number of imidazole rings is 1. The second-order valence-corrected chi connectivity index (χ2v) is 10.4. The Bertz CT molecular complexity index is 1280. The van der Waals surface area contributed by atoms with Crippen molar-refractivity contribution in [2.24, 2.45) is 0 Å². The van der Waals surface area contributed by atoms with E-state index in [1.165, 1.54) is 22.3 Å². The number of thioether (sulfide) groups is 1. The number of carbonyl (C=O) groups excluding carboxylic acids is 1. The standard InChI is InChI=1S/C20H14F3N3O3S4/c21-20(22,23)11-3-1-4-12(9-11)32-16-13(25-7-8-31-18(25)24-16)10-14-17(29)26(19(30)33-14)6-2-5-15(27)28/h1,3-4,7-10H,2,5-6H2,(H,27,28). The quantitative estimate of drug-likeness (QED) is 0.314. The van der Waals surface area contributed by atoms with Crippen LogP contribution in [0.4, 0.5) is 13.2 Å². The van der Waals surface area contributed by atoms with E-state index < -0.39 is 17.7 Å². The molecule has 0 atom stereocenters. The minimum Gasteiger partial charge on any atom is -0.481 e. The summed E-state index contributed by atoms with van der Waals surface area (Å²) in [6, 6.07) is 4.97. The molecule has 1 N–H and O–H groups in total. The molecule has 1 aliphatic heterocycles. The van der Waals surface area contributed by atoms with Gasteiger partial charge in [-0.1, -0.05) is 41.8 Å². The number of aromatic nitrogens is 2. The van der Waals surface area contributed by atoms with Gasteiger partial charge in [-0.05, 0) is 30.7 Å². The lowest BCUT2D eigenvalue weighted by atomic mass is 10.2. The largest absolute Gasteiger partial charge is 0.481 e. The normalized spacial score (nSPS) is 15.8. The number of carboxylic acid groups (broad SMARTS) is 1. The first-order valence-electron chi connectivity index (χ1n) is 9.41. The Morgan fingerprint density at radius 2 is 2.12 bits per heavy atom. The number of fused-ring (bicyclic) bond motifs is 1. The molecule has 1 aromatic carbocycles. The average molecular weight is 530 g/mol. The maximum atomic E-state index is 13.1. The van der Waals surface area contributed by atoms with Crippen molar-refractivity contribution in [1.29, 1.82) is 0 Å². The molecule has 3 heterocycles. The van der Waals surface area contributed by atoms with Crippen LogP contribution in [0, 0.1) is 0 Å². The molecule has 1 amide bonds. The first kappa shape index (κ1) is 23.8.